The van der Waals surface area contributed by atoms with E-state index in [-0.39, 0.29) is 30.2 Å². The van der Waals surface area contributed by atoms with Gasteiger partial charge in [0.05, 0.1) is 16.9 Å². The summed E-state index contributed by atoms with van der Waals surface area (Å²) < 4.78 is 5.15. The van der Waals surface area contributed by atoms with Crippen molar-refractivity contribution in [1.82, 2.24) is 0 Å². The lowest BCUT2D eigenvalue weighted by atomic mass is 10.2. The Morgan fingerprint density at radius 1 is 0.879 bits per heavy atom. The van der Waals surface area contributed by atoms with Crippen LogP contribution in [0.2, 0.25) is 0 Å². The van der Waals surface area contributed by atoms with Gasteiger partial charge < -0.3 is 10.1 Å². The number of nitrogens with one attached hydrogen (secondary N) is 1. The summed E-state index contributed by atoms with van der Waals surface area (Å²) in [5, 5.41) is 2.77. The van der Waals surface area contributed by atoms with Crippen molar-refractivity contribution in [3.05, 3.63) is 84.4 Å². The molecule has 0 bridgehead atoms. The van der Waals surface area contributed by atoms with Gasteiger partial charge in [0.25, 0.3) is 5.91 Å². The monoisotopic (exact) mass is 460 g/mol. The van der Waals surface area contributed by atoms with E-state index in [1.807, 2.05) is 48.5 Å². The number of imide groups is 1. The zero-order chi connectivity index (χ0) is 23.2. The Bertz CT molecular complexity index is 1200. The number of anilines is 2. The molecule has 0 atom stereocenters. The highest BCUT2D eigenvalue weighted by atomic mass is 32.2. The lowest BCUT2D eigenvalue weighted by Gasteiger charge is -2.14. The lowest BCUT2D eigenvalue weighted by Crippen LogP contribution is -2.28. The summed E-state index contributed by atoms with van der Waals surface area (Å²) in [5.74, 6) is -1.82. The topological polar surface area (TPSA) is 92.8 Å². The number of para-hydroxylation sites is 1. The van der Waals surface area contributed by atoms with Crippen molar-refractivity contribution in [3.63, 3.8) is 0 Å². The zero-order valence-corrected chi connectivity index (χ0v) is 18.3. The molecule has 0 saturated carbocycles. The van der Waals surface area contributed by atoms with Crippen LogP contribution in [-0.2, 0) is 19.1 Å². The molecule has 166 valence electrons. The van der Waals surface area contributed by atoms with Crippen molar-refractivity contribution in [2.24, 2.45) is 0 Å². The summed E-state index contributed by atoms with van der Waals surface area (Å²) >= 11 is 1.51. The number of benzene rings is 3. The first-order valence-electron chi connectivity index (χ1n) is 10.3. The number of esters is 1. The highest BCUT2D eigenvalue weighted by Gasteiger charge is 2.30. The van der Waals surface area contributed by atoms with E-state index < -0.39 is 18.5 Å². The third-order valence-corrected chi connectivity index (χ3v) is 5.94. The van der Waals surface area contributed by atoms with Crippen molar-refractivity contribution in [1.29, 1.82) is 0 Å². The van der Waals surface area contributed by atoms with Crippen LogP contribution in [0, 0.1) is 0 Å². The molecule has 0 unspecified atom stereocenters. The maximum absolute atomic E-state index is 12.4. The van der Waals surface area contributed by atoms with E-state index in [0.29, 0.717) is 11.4 Å². The number of carbonyl (C=O) groups is 4. The predicted molar refractivity (Wildman–Crippen MR) is 124 cm³/mol. The average Bonchev–Trinajstić information content (AvgIpc) is 3.17. The van der Waals surface area contributed by atoms with Gasteiger partial charge >= 0.3 is 5.97 Å². The summed E-state index contributed by atoms with van der Waals surface area (Å²) in [6, 6.07) is 23.2. The fourth-order valence-electron chi connectivity index (χ4n) is 3.31. The van der Waals surface area contributed by atoms with Gasteiger partial charge in [-0.25, -0.2) is 4.79 Å². The van der Waals surface area contributed by atoms with E-state index in [4.69, 9.17) is 4.74 Å². The van der Waals surface area contributed by atoms with Crippen LogP contribution in [0.5, 0.6) is 0 Å². The second kappa shape index (κ2) is 10.1. The maximum Gasteiger partial charge on any atom is 0.338 e. The molecule has 1 saturated heterocycles. The standard InChI is InChI=1S/C25H20N2O5S/c28-22(26-20-11-4-5-12-21(20)33-19-9-2-1-3-10-19)16-32-25(31)17-7-6-8-18(15-17)27-23(29)13-14-24(27)30/h1-12,15H,13-14,16H2,(H,26,28). The Morgan fingerprint density at radius 3 is 2.33 bits per heavy atom. The second-order valence-corrected chi connectivity index (χ2v) is 8.32. The van der Waals surface area contributed by atoms with Gasteiger partial charge in [-0.1, -0.05) is 48.2 Å². The molecular formula is C25H20N2O5S. The number of rotatable bonds is 7. The van der Waals surface area contributed by atoms with Gasteiger partial charge in [-0.05, 0) is 42.5 Å². The van der Waals surface area contributed by atoms with Gasteiger partial charge in [0.1, 0.15) is 0 Å². The molecule has 1 N–H and O–H groups in total. The molecule has 0 spiro atoms. The van der Waals surface area contributed by atoms with Gasteiger partial charge in [0.2, 0.25) is 11.8 Å². The van der Waals surface area contributed by atoms with Crippen LogP contribution in [0.3, 0.4) is 0 Å². The molecule has 1 fully saturated rings. The third kappa shape index (κ3) is 5.48. The van der Waals surface area contributed by atoms with Gasteiger partial charge in [-0.2, -0.15) is 0 Å². The minimum absolute atomic E-state index is 0.146. The molecule has 8 heteroatoms. The Hall–Kier alpha value is -3.91. The molecule has 0 aromatic heterocycles. The number of hydrogen-bond donors (Lipinski definition) is 1. The first kappa shape index (κ1) is 22.3. The first-order valence-corrected chi connectivity index (χ1v) is 11.1. The molecule has 3 aromatic rings. The van der Waals surface area contributed by atoms with Crippen LogP contribution in [0.15, 0.2) is 88.7 Å². The van der Waals surface area contributed by atoms with Crippen LogP contribution >= 0.6 is 11.8 Å². The van der Waals surface area contributed by atoms with E-state index in [9.17, 15) is 19.2 Å². The minimum Gasteiger partial charge on any atom is -0.452 e. The Kier molecular flexibility index (Phi) is 6.85. The van der Waals surface area contributed by atoms with Crippen molar-refractivity contribution < 1.29 is 23.9 Å². The van der Waals surface area contributed by atoms with Gasteiger partial charge in [0, 0.05) is 22.6 Å². The fraction of sp³-hybridized carbons (Fsp3) is 0.120. The molecule has 1 heterocycles. The number of carbonyl (C=O) groups excluding carboxylic acids is 4. The van der Waals surface area contributed by atoms with Crippen LogP contribution in [0.4, 0.5) is 11.4 Å². The van der Waals surface area contributed by atoms with Gasteiger partial charge in [0.15, 0.2) is 6.61 Å². The Morgan fingerprint density at radius 2 is 1.58 bits per heavy atom. The Labute approximate surface area is 194 Å². The second-order valence-electron chi connectivity index (χ2n) is 7.21. The highest BCUT2D eigenvalue weighted by molar-refractivity contribution is 7.99. The normalized spacial score (nSPS) is 13.2. The van der Waals surface area contributed by atoms with Crippen molar-refractivity contribution in [2.45, 2.75) is 22.6 Å². The largest absolute Gasteiger partial charge is 0.452 e. The molecule has 1 aliphatic heterocycles. The number of amides is 3. The van der Waals surface area contributed by atoms with Gasteiger partial charge in [-0.15, -0.1) is 0 Å². The van der Waals surface area contributed by atoms with Gasteiger partial charge in [-0.3, -0.25) is 19.3 Å². The fourth-order valence-corrected chi connectivity index (χ4v) is 4.23. The average molecular weight is 461 g/mol. The van der Waals surface area contributed by atoms with Crippen LogP contribution in [0.1, 0.15) is 23.2 Å². The molecule has 33 heavy (non-hydrogen) atoms. The summed E-state index contributed by atoms with van der Waals surface area (Å²) in [6.07, 6.45) is 0.301. The summed E-state index contributed by atoms with van der Waals surface area (Å²) in [6.45, 7) is -0.477. The molecule has 3 aromatic carbocycles. The molecule has 3 amide bonds. The first-order chi connectivity index (χ1) is 16.0. The number of ether oxygens (including phenoxy) is 1. The smallest absolute Gasteiger partial charge is 0.338 e. The molecule has 7 nitrogen and oxygen atoms in total. The lowest BCUT2D eigenvalue weighted by molar-refractivity contribution is -0.121. The Balaban J connectivity index is 1.37. The van der Waals surface area contributed by atoms with Crippen LogP contribution < -0.4 is 10.2 Å². The minimum atomic E-state index is -0.724. The van der Waals surface area contributed by atoms with Crippen molar-refractivity contribution >= 4 is 46.8 Å². The molecule has 4 rings (SSSR count). The highest BCUT2D eigenvalue weighted by Crippen LogP contribution is 2.33. The number of nitrogens with zero attached hydrogens (tertiary/aromatic N) is 1. The molecule has 0 aliphatic carbocycles. The third-order valence-electron chi connectivity index (χ3n) is 4.86. The predicted octanol–water partition coefficient (Wildman–Crippen LogP) is 4.29. The van der Waals surface area contributed by atoms with E-state index >= 15 is 0 Å². The van der Waals surface area contributed by atoms with E-state index in [0.717, 1.165) is 14.7 Å². The zero-order valence-electron chi connectivity index (χ0n) is 17.5. The summed E-state index contributed by atoms with van der Waals surface area (Å²) in [4.78, 5) is 51.7. The molecule has 1 aliphatic rings. The van der Waals surface area contributed by atoms with E-state index in [1.165, 1.54) is 23.9 Å². The SMILES string of the molecule is O=C(COC(=O)c1cccc(N2C(=O)CCC2=O)c1)Nc1ccccc1Sc1ccccc1. The van der Waals surface area contributed by atoms with Crippen LogP contribution in [-0.4, -0.2) is 30.3 Å². The van der Waals surface area contributed by atoms with E-state index in [2.05, 4.69) is 5.32 Å². The van der Waals surface area contributed by atoms with Crippen molar-refractivity contribution in [3.8, 4) is 0 Å². The van der Waals surface area contributed by atoms with E-state index in [1.54, 1.807) is 18.2 Å². The van der Waals surface area contributed by atoms with Crippen molar-refractivity contribution in [2.75, 3.05) is 16.8 Å². The summed E-state index contributed by atoms with van der Waals surface area (Å²) in [5.41, 5.74) is 1.07. The number of hydrogen-bond acceptors (Lipinski definition) is 6. The quantitative estimate of drug-likeness (QED) is 0.418. The van der Waals surface area contributed by atoms with Crippen LogP contribution in [0.25, 0.3) is 0 Å². The molecule has 0 radical (unpaired) electrons. The summed E-state index contributed by atoms with van der Waals surface area (Å²) in [7, 11) is 0. The maximum atomic E-state index is 12.4. The molecular weight excluding hydrogens is 440 g/mol.